The van der Waals surface area contributed by atoms with Crippen LogP contribution >= 0.6 is 23.4 Å². The highest BCUT2D eigenvalue weighted by Gasteiger charge is 2.33. The fraction of sp³-hybridized carbons (Fsp3) is 0.188. The number of carbonyl (C=O) groups excluding carboxylic acids is 1. The van der Waals surface area contributed by atoms with Gasteiger partial charge in [0.25, 0.3) is 0 Å². The first-order valence-corrected chi connectivity index (χ1v) is 7.66. The van der Waals surface area contributed by atoms with Gasteiger partial charge in [-0.2, -0.15) is 0 Å². The zero-order valence-electron chi connectivity index (χ0n) is 11.2. The minimum atomic E-state index is -0.710. The summed E-state index contributed by atoms with van der Waals surface area (Å²) in [7, 11) is 0. The number of thioether (sulfide) groups is 1. The van der Waals surface area contributed by atoms with Gasteiger partial charge in [0.1, 0.15) is 4.75 Å². The number of para-hydroxylation sites is 1. The lowest BCUT2D eigenvalue weighted by molar-refractivity contribution is -0.117. The van der Waals surface area contributed by atoms with E-state index in [2.05, 4.69) is 5.32 Å². The molecule has 1 amide bonds. The summed E-state index contributed by atoms with van der Waals surface area (Å²) in [6.07, 6.45) is 0. The highest BCUT2D eigenvalue weighted by molar-refractivity contribution is 8.01. The van der Waals surface area contributed by atoms with Crippen LogP contribution in [0.1, 0.15) is 6.92 Å². The molecule has 0 bridgehead atoms. The minimum absolute atomic E-state index is 0.0902. The zero-order chi connectivity index (χ0) is 14.4. The van der Waals surface area contributed by atoms with Gasteiger partial charge < -0.3 is 5.32 Å². The number of amides is 1. The molecule has 0 aliphatic rings. The predicted molar refractivity (Wildman–Crippen MR) is 86.5 cm³/mol. The first kappa shape index (κ1) is 14.9. The molecule has 0 aromatic heterocycles. The lowest BCUT2D eigenvalue weighted by atomic mass is 10.2. The molecule has 2 rings (SSSR count). The third-order valence-electron chi connectivity index (χ3n) is 2.85. The van der Waals surface area contributed by atoms with Gasteiger partial charge in [0, 0.05) is 16.5 Å². The van der Waals surface area contributed by atoms with Crippen LogP contribution in [0.4, 0.5) is 5.69 Å². The van der Waals surface area contributed by atoms with Gasteiger partial charge in [0.05, 0.1) is 0 Å². The molecule has 2 aromatic carbocycles. The molecule has 2 nitrogen and oxygen atoms in total. The van der Waals surface area contributed by atoms with E-state index in [1.165, 1.54) is 11.8 Å². The Morgan fingerprint density at radius 1 is 1.10 bits per heavy atom. The van der Waals surface area contributed by atoms with E-state index in [9.17, 15) is 4.79 Å². The molecule has 4 heteroatoms. The van der Waals surface area contributed by atoms with E-state index < -0.39 is 4.75 Å². The van der Waals surface area contributed by atoms with Crippen molar-refractivity contribution in [2.45, 2.75) is 16.6 Å². The summed E-state index contributed by atoms with van der Waals surface area (Å²) in [4.78, 5) is 13.5. The Morgan fingerprint density at radius 2 is 1.65 bits per heavy atom. The van der Waals surface area contributed by atoms with Crippen molar-refractivity contribution in [2.75, 3.05) is 11.2 Å². The predicted octanol–water partition coefficient (Wildman–Crippen LogP) is 4.41. The van der Waals surface area contributed by atoms with E-state index in [4.69, 9.17) is 11.6 Å². The van der Waals surface area contributed by atoms with Gasteiger partial charge in [0.15, 0.2) is 0 Å². The molecule has 2 aromatic rings. The summed E-state index contributed by atoms with van der Waals surface area (Å²) in [5.74, 6) is 0.151. The van der Waals surface area contributed by atoms with Gasteiger partial charge in [-0.25, -0.2) is 0 Å². The second-order valence-corrected chi connectivity index (χ2v) is 6.44. The number of halogens is 1. The maximum atomic E-state index is 12.5. The van der Waals surface area contributed by atoms with Crippen molar-refractivity contribution >= 4 is 35.0 Å². The standard InChI is InChI=1S/C16H16ClNOS/c1-16(12-17,20-14-10-6-3-7-11-14)15(19)18-13-8-4-2-5-9-13/h2-11H,12H2,1H3,(H,18,19)/t16-/m0/s1. The molecule has 0 fully saturated rings. The SMILES string of the molecule is C[C@@](CCl)(Sc1ccccc1)C(=O)Nc1ccccc1. The van der Waals surface area contributed by atoms with E-state index in [0.717, 1.165) is 10.6 Å². The molecule has 0 radical (unpaired) electrons. The van der Waals surface area contributed by atoms with Crippen molar-refractivity contribution < 1.29 is 4.79 Å². The fourth-order valence-corrected chi connectivity index (χ4v) is 2.96. The first-order chi connectivity index (χ1) is 9.64. The lowest BCUT2D eigenvalue weighted by Gasteiger charge is -2.25. The summed E-state index contributed by atoms with van der Waals surface area (Å²) in [5.41, 5.74) is 0.780. The molecule has 104 valence electrons. The zero-order valence-corrected chi connectivity index (χ0v) is 12.7. The second-order valence-electron chi connectivity index (χ2n) is 4.60. The van der Waals surface area contributed by atoms with Crippen LogP contribution in [-0.4, -0.2) is 16.5 Å². The third kappa shape index (κ3) is 3.78. The van der Waals surface area contributed by atoms with Gasteiger partial charge in [-0.05, 0) is 31.2 Å². The van der Waals surface area contributed by atoms with Crippen LogP contribution in [0.2, 0.25) is 0 Å². The summed E-state index contributed by atoms with van der Waals surface area (Å²) < 4.78 is -0.710. The van der Waals surface area contributed by atoms with Crippen molar-refractivity contribution in [1.82, 2.24) is 0 Å². The average molecular weight is 306 g/mol. The monoisotopic (exact) mass is 305 g/mol. The van der Waals surface area contributed by atoms with Gasteiger partial charge in [-0.15, -0.1) is 23.4 Å². The highest BCUT2D eigenvalue weighted by atomic mass is 35.5. The van der Waals surface area contributed by atoms with Gasteiger partial charge >= 0.3 is 0 Å². The Kier molecular flexibility index (Phi) is 5.10. The number of hydrogen-bond acceptors (Lipinski definition) is 2. The number of alkyl halides is 1. The summed E-state index contributed by atoms with van der Waals surface area (Å²) in [6.45, 7) is 1.86. The molecule has 1 atom stereocenters. The van der Waals surface area contributed by atoms with Crippen LogP contribution < -0.4 is 5.32 Å². The Hall–Kier alpha value is -1.45. The van der Waals surface area contributed by atoms with E-state index in [1.807, 2.05) is 67.6 Å². The maximum absolute atomic E-state index is 12.5. The van der Waals surface area contributed by atoms with Crippen molar-refractivity contribution in [3.8, 4) is 0 Å². The van der Waals surface area contributed by atoms with Crippen LogP contribution in [-0.2, 0) is 4.79 Å². The molecule has 0 saturated carbocycles. The van der Waals surface area contributed by atoms with Gasteiger partial charge in [-0.3, -0.25) is 4.79 Å². The third-order valence-corrected chi connectivity index (χ3v) is 4.83. The van der Waals surface area contributed by atoms with E-state index in [-0.39, 0.29) is 11.8 Å². The number of benzene rings is 2. The van der Waals surface area contributed by atoms with E-state index in [0.29, 0.717) is 0 Å². The lowest BCUT2D eigenvalue weighted by Crippen LogP contribution is -2.38. The molecule has 1 N–H and O–H groups in total. The number of rotatable bonds is 5. The number of carbonyl (C=O) groups is 1. The topological polar surface area (TPSA) is 29.1 Å². The molecule has 0 aliphatic heterocycles. The van der Waals surface area contributed by atoms with Crippen LogP contribution in [0.3, 0.4) is 0 Å². The molecule has 0 aliphatic carbocycles. The van der Waals surface area contributed by atoms with Crippen molar-refractivity contribution in [3.05, 3.63) is 60.7 Å². The van der Waals surface area contributed by atoms with E-state index in [1.54, 1.807) is 0 Å². The average Bonchev–Trinajstić information content (AvgIpc) is 2.49. The largest absolute Gasteiger partial charge is 0.325 e. The molecular weight excluding hydrogens is 290 g/mol. The van der Waals surface area contributed by atoms with Crippen LogP contribution in [0.25, 0.3) is 0 Å². The molecule has 0 saturated heterocycles. The van der Waals surface area contributed by atoms with Gasteiger partial charge in [-0.1, -0.05) is 36.4 Å². The van der Waals surface area contributed by atoms with Crippen molar-refractivity contribution in [3.63, 3.8) is 0 Å². The van der Waals surface area contributed by atoms with Crippen LogP contribution in [0.15, 0.2) is 65.6 Å². The minimum Gasteiger partial charge on any atom is -0.325 e. The first-order valence-electron chi connectivity index (χ1n) is 6.30. The Balaban J connectivity index is 2.11. The maximum Gasteiger partial charge on any atom is 0.241 e. The Bertz CT molecular complexity index is 561. The van der Waals surface area contributed by atoms with Crippen molar-refractivity contribution in [1.29, 1.82) is 0 Å². The van der Waals surface area contributed by atoms with E-state index >= 15 is 0 Å². The smallest absolute Gasteiger partial charge is 0.241 e. The Morgan fingerprint density at radius 3 is 2.20 bits per heavy atom. The normalized spacial score (nSPS) is 13.5. The summed E-state index contributed by atoms with van der Waals surface area (Å²) >= 11 is 7.51. The van der Waals surface area contributed by atoms with Crippen molar-refractivity contribution in [2.24, 2.45) is 0 Å². The molecule has 0 spiro atoms. The fourth-order valence-electron chi connectivity index (χ4n) is 1.67. The quantitative estimate of drug-likeness (QED) is 0.654. The number of nitrogens with one attached hydrogen (secondary N) is 1. The molecule has 20 heavy (non-hydrogen) atoms. The Labute approximate surface area is 128 Å². The molecular formula is C16H16ClNOS. The number of anilines is 1. The van der Waals surface area contributed by atoms with Crippen LogP contribution in [0.5, 0.6) is 0 Å². The highest BCUT2D eigenvalue weighted by Crippen LogP contribution is 2.34. The molecule has 0 unspecified atom stereocenters. The summed E-state index contributed by atoms with van der Waals surface area (Å²) in [5, 5.41) is 2.91. The molecule has 0 heterocycles. The van der Waals surface area contributed by atoms with Gasteiger partial charge in [0.2, 0.25) is 5.91 Å². The second kappa shape index (κ2) is 6.82. The van der Waals surface area contributed by atoms with Crippen LogP contribution in [0, 0.1) is 0 Å². The summed E-state index contributed by atoms with van der Waals surface area (Å²) in [6, 6.07) is 19.2. The number of hydrogen-bond donors (Lipinski definition) is 1.